The predicted molar refractivity (Wildman–Crippen MR) is 80.5 cm³/mol. The van der Waals surface area contributed by atoms with Gasteiger partial charge in [-0.25, -0.2) is 4.98 Å². The van der Waals surface area contributed by atoms with Crippen molar-refractivity contribution in [3.63, 3.8) is 0 Å². The van der Waals surface area contributed by atoms with Crippen LogP contribution in [-0.4, -0.2) is 21.9 Å². The zero-order chi connectivity index (χ0) is 16.1. The molecule has 0 bridgehead atoms. The molecule has 22 heavy (non-hydrogen) atoms. The van der Waals surface area contributed by atoms with Crippen LogP contribution in [0.4, 0.5) is 5.82 Å². The first-order valence-corrected chi connectivity index (χ1v) is 6.53. The highest BCUT2D eigenvalue weighted by atomic mass is 16.3. The van der Waals surface area contributed by atoms with Crippen LogP contribution in [0.1, 0.15) is 17.0 Å². The Morgan fingerprint density at radius 2 is 1.86 bits per heavy atom. The number of benzene rings is 1. The van der Waals surface area contributed by atoms with E-state index in [1.165, 1.54) is 30.5 Å². The fourth-order valence-corrected chi connectivity index (χ4v) is 1.94. The summed E-state index contributed by atoms with van der Waals surface area (Å²) in [5, 5.41) is 11.9. The molecule has 0 radical (unpaired) electrons. The normalized spacial score (nSPS) is 11.6. The Morgan fingerprint density at radius 1 is 1.18 bits per heavy atom. The van der Waals surface area contributed by atoms with Crippen molar-refractivity contribution in [3.8, 4) is 5.75 Å². The standard InChI is InChI=1S/C15H16N4O3/c16-12-6-1-9(7-18-12)8-19-15(22)13(14(17)21)10-2-4-11(20)5-3-10/h1-7,13,20H,8H2,(H2,16,18)(H2,17,21)(H,19,22)/t13-/m0/s1. The van der Waals surface area contributed by atoms with Crippen molar-refractivity contribution in [2.45, 2.75) is 12.5 Å². The molecule has 2 rings (SSSR count). The number of phenolic OH excluding ortho intramolecular Hbond substituents is 1. The number of nitrogens with zero attached hydrogens (tertiary/aromatic N) is 1. The number of anilines is 1. The molecule has 2 aromatic rings. The van der Waals surface area contributed by atoms with Crippen molar-refractivity contribution in [2.75, 3.05) is 5.73 Å². The van der Waals surface area contributed by atoms with Gasteiger partial charge in [0.1, 0.15) is 17.5 Å². The van der Waals surface area contributed by atoms with Gasteiger partial charge in [-0.1, -0.05) is 18.2 Å². The summed E-state index contributed by atoms with van der Waals surface area (Å²) in [4.78, 5) is 27.7. The smallest absolute Gasteiger partial charge is 0.237 e. The highest BCUT2D eigenvalue weighted by molar-refractivity contribution is 6.05. The van der Waals surface area contributed by atoms with Gasteiger partial charge in [0.2, 0.25) is 11.8 Å². The van der Waals surface area contributed by atoms with Crippen molar-refractivity contribution in [2.24, 2.45) is 5.73 Å². The molecule has 1 aromatic carbocycles. The van der Waals surface area contributed by atoms with Gasteiger partial charge in [-0.2, -0.15) is 0 Å². The molecule has 114 valence electrons. The number of amides is 2. The van der Waals surface area contributed by atoms with E-state index >= 15 is 0 Å². The number of hydrogen-bond acceptors (Lipinski definition) is 5. The van der Waals surface area contributed by atoms with Crippen LogP contribution in [-0.2, 0) is 16.1 Å². The fourth-order valence-electron chi connectivity index (χ4n) is 1.94. The van der Waals surface area contributed by atoms with Gasteiger partial charge in [0.25, 0.3) is 0 Å². The fraction of sp³-hybridized carbons (Fsp3) is 0.133. The number of aromatic nitrogens is 1. The van der Waals surface area contributed by atoms with Crippen molar-refractivity contribution in [3.05, 3.63) is 53.7 Å². The zero-order valence-corrected chi connectivity index (χ0v) is 11.7. The summed E-state index contributed by atoms with van der Waals surface area (Å²) in [7, 11) is 0. The number of primary amides is 1. The third-order valence-electron chi connectivity index (χ3n) is 3.09. The minimum Gasteiger partial charge on any atom is -0.508 e. The van der Waals surface area contributed by atoms with Crippen LogP contribution in [0.2, 0.25) is 0 Å². The maximum atomic E-state index is 12.2. The van der Waals surface area contributed by atoms with E-state index < -0.39 is 17.7 Å². The van der Waals surface area contributed by atoms with Crippen LogP contribution in [0.25, 0.3) is 0 Å². The molecule has 1 atom stereocenters. The number of rotatable bonds is 5. The molecule has 7 heteroatoms. The quantitative estimate of drug-likeness (QED) is 0.588. The van der Waals surface area contributed by atoms with Gasteiger partial charge in [0, 0.05) is 12.7 Å². The van der Waals surface area contributed by atoms with Crippen LogP contribution in [0.5, 0.6) is 5.75 Å². The maximum absolute atomic E-state index is 12.2. The van der Waals surface area contributed by atoms with Gasteiger partial charge in [-0.15, -0.1) is 0 Å². The van der Waals surface area contributed by atoms with E-state index in [1.807, 2.05) is 0 Å². The first-order chi connectivity index (χ1) is 10.5. The lowest BCUT2D eigenvalue weighted by molar-refractivity contribution is -0.130. The molecule has 0 aliphatic rings. The van der Waals surface area contributed by atoms with Gasteiger partial charge >= 0.3 is 0 Å². The molecule has 7 nitrogen and oxygen atoms in total. The molecule has 0 unspecified atom stereocenters. The lowest BCUT2D eigenvalue weighted by Crippen LogP contribution is -2.36. The number of carbonyl (C=O) groups excluding carboxylic acids is 2. The second-order valence-electron chi connectivity index (χ2n) is 4.74. The van der Waals surface area contributed by atoms with Crippen molar-refractivity contribution < 1.29 is 14.7 Å². The second-order valence-corrected chi connectivity index (χ2v) is 4.74. The number of pyridine rings is 1. The molecule has 2 amide bonds. The lowest BCUT2D eigenvalue weighted by Gasteiger charge is -2.14. The first kappa shape index (κ1) is 15.3. The molecule has 0 saturated carbocycles. The van der Waals surface area contributed by atoms with Gasteiger partial charge in [-0.3, -0.25) is 9.59 Å². The van der Waals surface area contributed by atoms with E-state index in [2.05, 4.69) is 10.3 Å². The highest BCUT2D eigenvalue weighted by Crippen LogP contribution is 2.19. The average Bonchev–Trinajstić information content (AvgIpc) is 2.48. The van der Waals surface area contributed by atoms with Crippen molar-refractivity contribution in [1.82, 2.24) is 10.3 Å². The summed E-state index contributed by atoms with van der Waals surface area (Å²) in [5.41, 5.74) is 11.9. The van der Waals surface area contributed by atoms with Crippen LogP contribution in [0, 0.1) is 0 Å². The minimum atomic E-state index is -1.12. The minimum absolute atomic E-state index is 0.0420. The Bertz CT molecular complexity index is 668. The number of nitrogens with one attached hydrogen (secondary N) is 1. The second kappa shape index (κ2) is 6.57. The van der Waals surface area contributed by atoms with Gasteiger partial charge in [0.05, 0.1) is 0 Å². The summed E-state index contributed by atoms with van der Waals surface area (Å²) >= 11 is 0. The Hall–Kier alpha value is -3.09. The van der Waals surface area contributed by atoms with Crippen molar-refractivity contribution >= 4 is 17.6 Å². The molecule has 1 heterocycles. The predicted octanol–water partition coefficient (Wildman–Crippen LogP) is 0.255. The zero-order valence-electron chi connectivity index (χ0n) is 11.7. The van der Waals surface area contributed by atoms with E-state index in [1.54, 1.807) is 12.1 Å². The van der Waals surface area contributed by atoms with E-state index in [0.717, 1.165) is 5.56 Å². The molecular weight excluding hydrogens is 284 g/mol. The average molecular weight is 300 g/mol. The maximum Gasteiger partial charge on any atom is 0.237 e. The Labute approximate surface area is 127 Å². The SMILES string of the molecule is NC(=O)[C@@H](C(=O)NCc1ccc(N)nc1)c1ccc(O)cc1. The molecule has 0 saturated heterocycles. The lowest BCUT2D eigenvalue weighted by atomic mass is 9.97. The first-order valence-electron chi connectivity index (χ1n) is 6.53. The summed E-state index contributed by atoms with van der Waals surface area (Å²) in [6.45, 7) is 0.202. The molecule has 0 aliphatic carbocycles. The number of nitrogens with two attached hydrogens (primary N) is 2. The number of aromatic hydroxyl groups is 1. The summed E-state index contributed by atoms with van der Waals surface area (Å²) in [6, 6.07) is 9.09. The third-order valence-corrected chi connectivity index (χ3v) is 3.09. The molecular formula is C15H16N4O3. The summed E-state index contributed by atoms with van der Waals surface area (Å²) in [5.74, 6) is -1.98. The number of carbonyl (C=O) groups is 2. The van der Waals surface area contributed by atoms with Crippen LogP contribution in [0.15, 0.2) is 42.6 Å². The number of nitrogen functional groups attached to an aromatic ring is 1. The molecule has 6 N–H and O–H groups in total. The van der Waals surface area contributed by atoms with Crippen molar-refractivity contribution in [1.29, 1.82) is 0 Å². The Balaban J connectivity index is 2.08. The molecule has 0 spiro atoms. The van der Waals surface area contributed by atoms with Crippen LogP contribution in [0.3, 0.4) is 0 Å². The number of hydrogen-bond donors (Lipinski definition) is 4. The van der Waals surface area contributed by atoms with E-state index in [0.29, 0.717) is 11.4 Å². The van der Waals surface area contributed by atoms with Gasteiger partial charge in [0.15, 0.2) is 0 Å². The van der Waals surface area contributed by atoms with Gasteiger partial charge in [-0.05, 0) is 29.3 Å². The summed E-state index contributed by atoms with van der Waals surface area (Å²) < 4.78 is 0. The van der Waals surface area contributed by atoms with Crippen LogP contribution >= 0.6 is 0 Å². The van der Waals surface area contributed by atoms with E-state index in [-0.39, 0.29) is 12.3 Å². The van der Waals surface area contributed by atoms with E-state index in [4.69, 9.17) is 11.5 Å². The Morgan fingerprint density at radius 3 is 2.41 bits per heavy atom. The van der Waals surface area contributed by atoms with Crippen LogP contribution < -0.4 is 16.8 Å². The monoisotopic (exact) mass is 300 g/mol. The molecule has 0 fully saturated rings. The Kier molecular flexibility index (Phi) is 4.57. The summed E-state index contributed by atoms with van der Waals surface area (Å²) in [6.07, 6.45) is 1.54. The highest BCUT2D eigenvalue weighted by Gasteiger charge is 2.26. The molecule has 1 aromatic heterocycles. The van der Waals surface area contributed by atoms with E-state index in [9.17, 15) is 14.7 Å². The largest absolute Gasteiger partial charge is 0.508 e. The third kappa shape index (κ3) is 3.72. The molecule has 0 aliphatic heterocycles. The topological polar surface area (TPSA) is 131 Å². The van der Waals surface area contributed by atoms with Gasteiger partial charge < -0.3 is 21.9 Å². The number of phenols is 1.